The first-order chi connectivity index (χ1) is 10.7. The van der Waals surface area contributed by atoms with E-state index in [-0.39, 0.29) is 0 Å². The molecule has 1 atom stereocenters. The van der Waals surface area contributed by atoms with Crippen LogP contribution in [-0.4, -0.2) is 61.0 Å². The van der Waals surface area contributed by atoms with E-state index in [0.717, 1.165) is 52.1 Å². The molecule has 2 heterocycles. The number of likely N-dealkylation sites (tertiary alicyclic amines) is 1. The van der Waals surface area contributed by atoms with E-state index in [0.29, 0.717) is 18.4 Å². The Bertz CT molecular complexity index is 511. The van der Waals surface area contributed by atoms with Crippen LogP contribution in [0, 0.1) is 6.92 Å². The summed E-state index contributed by atoms with van der Waals surface area (Å²) in [6, 6.07) is 8.94. The average molecular weight is 301 g/mol. The molecule has 1 unspecified atom stereocenters. The zero-order chi connectivity index (χ0) is 15.4. The van der Waals surface area contributed by atoms with Crippen molar-refractivity contribution in [2.75, 3.05) is 39.3 Å². The van der Waals surface area contributed by atoms with Gasteiger partial charge in [0.2, 0.25) is 5.91 Å². The van der Waals surface area contributed by atoms with Gasteiger partial charge in [0, 0.05) is 51.7 Å². The van der Waals surface area contributed by atoms with Crippen LogP contribution in [0.4, 0.5) is 0 Å². The van der Waals surface area contributed by atoms with Gasteiger partial charge in [0.1, 0.15) is 0 Å². The van der Waals surface area contributed by atoms with Crippen molar-refractivity contribution in [1.82, 2.24) is 15.1 Å². The lowest BCUT2D eigenvalue weighted by atomic mass is 10.0. The van der Waals surface area contributed by atoms with E-state index in [2.05, 4.69) is 46.3 Å². The molecule has 0 aromatic heterocycles. The highest BCUT2D eigenvalue weighted by molar-refractivity contribution is 5.76. The number of hydrogen-bond donors (Lipinski definition) is 1. The lowest BCUT2D eigenvalue weighted by Gasteiger charge is -2.32. The summed E-state index contributed by atoms with van der Waals surface area (Å²) in [7, 11) is 0. The maximum Gasteiger partial charge on any atom is 0.222 e. The van der Waals surface area contributed by atoms with Crippen LogP contribution in [0.2, 0.25) is 0 Å². The van der Waals surface area contributed by atoms with Gasteiger partial charge in [-0.05, 0) is 30.9 Å². The van der Waals surface area contributed by atoms with E-state index < -0.39 is 0 Å². The molecule has 2 fully saturated rings. The van der Waals surface area contributed by atoms with Gasteiger partial charge in [-0.15, -0.1) is 0 Å². The van der Waals surface area contributed by atoms with E-state index in [9.17, 15) is 4.79 Å². The Morgan fingerprint density at radius 2 is 2.00 bits per heavy atom. The van der Waals surface area contributed by atoms with Crippen molar-refractivity contribution in [1.29, 1.82) is 0 Å². The SMILES string of the molecule is Cc1ccccc1CCC(=O)N1CCC(N2CCNCC2)C1. The van der Waals surface area contributed by atoms with Crippen LogP contribution < -0.4 is 5.32 Å². The second-order valence-corrected chi connectivity index (χ2v) is 6.49. The van der Waals surface area contributed by atoms with Crippen molar-refractivity contribution in [2.24, 2.45) is 0 Å². The van der Waals surface area contributed by atoms with Crippen LogP contribution in [0.15, 0.2) is 24.3 Å². The van der Waals surface area contributed by atoms with Gasteiger partial charge >= 0.3 is 0 Å². The molecule has 3 rings (SSSR count). The maximum atomic E-state index is 12.5. The fourth-order valence-electron chi connectivity index (χ4n) is 3.60. The molecule has 120 valence electrons. The Balaban J connectivity index is 1.48. The first-order valence-electron chi connectivity index (χ1n) is 8.51. The van der Waals surface area contributed by atoms with Gasteiger partial charge in [-0.25, -0.2) is 0 Å². The molecule has 1 N–H and O–H groups in total. The lowest BCUT2D eigenvalue weighted by Crippen LogP contribution is -2.49. The van der Waals surface area contributed by atoms with Gasteiger partial charge in [0.25, 0.3) is 0 Å². The molecule has 0 radical (unpaired) electrons. The quantitative estimate of drug-likeness (QED) is 0.914. The molecule has 0 bridgehead atoms. The molecule has 22 heavy (non-hydrogen) atoms. The molecule has 4 heteroatoms. The highest BCUT2D eigenvalue weighted by Crippen LogP contribution is 2.18. The third-order valence-corrected chi connectivity index (χ3v) is 5.05. The Kier molecular flexibility index (Phi) is 5.11. The van der Waals surface area contributed by atoms with E-state index in [1.807, 2.05) is 0 Å². The third-order valence-electron chi connectivity index (χ3n) is 5.05. The van der Waals surface area contributed by atoms with Crippen LogP contribution >= 0.6 is 0 Å². The fourth-order valence-corrected chi connectivity index (χ4v) is 3.60. The maximum absolute atomic E-state index is 12.5. The monoisotopic (exact) mass is 301 g/mol. The molecule has 1 amide bonds. The highest BCUT2D eigenvalue weighted by atomic mass is 16.2. The van der Waals surface area contributed by atoms with Crippen molar-refractivity contribution in [3.8, 4) is 0 Å². The Morgan fingerprint density at radius 3 is 2.77 bits per heavy atom. The molecule has 2 saturated heterocycles. The standard InChI is InChI=1S/C18H27N3O/c1-15-4-2-3-5-16(15)6-7-18(22)21-11-8-17(14-21)20-12-9-19-10-13-20/h2-5,17,19H,6-14H2,1H3. The molecule has 0 spiro atoms. The van der Waals surface area contributed by atoms with Crippen molar-refractivity contribution in [2.45, 2.75) is 32.2 Å². The van der Waals surface area contributed by atoms with Crippen molar-refractivity contribution in [3.05, 3.63) is 35.4 Å². The second-order valence-electron chi connectivity index (χ2n) is 6.49. The van der Waals surface area contributed by atoms with Crippen LogP contribution in [-0.2, 0) is 11.2 Å². The Morgan fingerprint density at radius 1 is 1.23 bits per heavy atom. The van der Waals surface area contributed by atoms with E-state index in [1.165, 1.54) is 11.1 Å². The van der Waals surface area contributed by atoms with Gasteiger partial charge in [-0.1, -0.05) is 24.3 Å². The first-order valence-corrected chi connectivity index (χ1v) is 8.51. The summed E-state index contributed by atoms with van der Waals surface area (Å²) in [5.74, 6) is 0.320. The van der Waals surface area contributed by atoms with Gasteiger partial charge < -0.3 is 10.2 Å². The van der Waals surface area contributed by atoms with Crippen molar-refractivity contribution >= 4 is 5.91 Å². The first kappa shape index (κ1) is 15.5. The van der Waals surface area contributed by atoms with Gasteiger partial charge in [0.15, 0.2) is 0 Å². The number of benzene rings is 1. The molecular weight excluding hydrogens is 274 g/mol. The summed E-state index contributed by atoms with van der Waals surface area (Å²) in [5.41, 5.74) is 2.59. The van der Waals surface area contributed by atoms with Crippen LogP contribution in [0.3, 0.4) is 0 Å². The molecule has 0 saturated carbocycles. The number of piperazine rings is 1. The highest BCUT2D eigenvalue weighted by Gasteiger charge is 2.30. The molecule has 4 nitrogen and oxygen atoms in total. The molecular formula is C18H27N3O. The van der Waals surface area contributed by atoms with Gasteiger partial charge in [-0.3, -0.25) is 9.69 Å². The predicted molar refractivity (Wildman–Crippen MR) is 88.9 cm³/mol. The van der Waals surface area contributed by atoms with E-state index >= 15 is 0 Å². The largest absolute Gasteiger partial charge is 0.341 e. The minimum Gasteiger partial charge on any atom is -0.341 e. The topological polar surface area (TPSA) is 35.6 Å². The number of amides is 1. The lowest BCUT2D eigenvalue weighted by molar-refractivity contribution is -0.130. The van der Waals surface area contributed by atoms with Crippen molar-refractivity contribution in [3.63, 3.8) is 0 Å². The average Bonchev–Trinajstić information content (AvgIpc) is 3.05. The van der Waals surface area contributed by atoms with Crippen LogP contribution in [0.25, 0.3) is 0 Å². The zero-order valence-electron chi connectivity index (χ0n) is 13.6. The summed E-state index contributed by atoms with van der Waals surface area (Å²) >= 11 is 0. The smallest absolute Gasteiger partial charge is 0.222 e. The fraction of sp³-hybridized carbons (Fsp3) is 0.611. The van der Waals surface area contributed by atoms with E-state index in [1.54, 1.807) is 0 Å². The number of hydrogen-bond acceptors (Lipinski definition) is 3. The van der Waals surface area contributed by atoms with E-state index in [4.69, 9.17) is 0 Å². The summed E-state index contributed by atoms with van der Waals surface area (Å²) in [5, 5.41) is 3.39. The van der Waals surface area contributed by atoms with Gasteiger partial charge in [0.05, 0.1) is 0 Å². The summed E-state index contributed by atoms with van der Waals surface area (Å²) < 4.78 is 0. The molecule has 2 aliphatic heterocycles. The zero-order valence-corrected chi connectivity index (χ0v) is 13.6. The minimum atomic E-state index is 0.320. The molecule has 0 aliphatic carbocycles. The van der Waals surface area contributed by atoms with Gasteiger partial charge in [-0.2, -0.15) is 0 Å². The normalized spacial score (nSPS) is 23.0. The van der Waals surface area contributed by atoms with Crippen LogP contribution in [0.1, 0.15) is 24.0 Å². The minimum absolute atomic E-state index is 0.320. The molecule has 1 aromatic carbocycles. The summed E-state index contributed by atoms with van der Waals surface area (Å²) in [6.45, 7) is 8.38. The number of nitrogens with zero attached hydrogens (tertiary/aromatic N) is 2. The predicted octanol–water partition coefficient (Wildman–Crippen LogP) is 1.43. The second kappa shape index (κ2) is 7.25. The Labute approximate surface area is 133 Å². The Hall–Kier alpha value is -1.39. The third kappa shape index (κ3) is 3.68. The number of carbonyl (C=O) groups is 1. The number of rotatable bonds is 4. The summed E-state index contributed by atoms with van der Waals surface area (Å²) in [6.07, 6.45) is 2.63. The molecule has 1 aromatic rings. The molecule has 2 aliphatic rings. The summed E-state index contributed by atoms with van der Waals surface area (Å²) in [4.78, 5) is 17.1. The number of nitrogens with one attached hydrogen (secondary N) is 1. The van der Waals surface area contributed by atoms with Crippen molar-refractivity contribution < 1.29 is 4.79 Å². The number of carbonyl (C=O) groups excluding carboxylic acids is 1. The number of aryl methyl sites for hydroxylation is 2. The van der Waals surface area contributed by atoms with Crippen LogP contribution in [0.5, 0.6) is 0 Å².